The predicted octanol–water partition coefficient (Wildman–Crippen LogP) is 3.23. The standard InChI is InChI=1S/C23H30ClN5O4/c1-13(2)32-23(31)29-6-5-28(11-14(29)3)12-17-8-18(24)7-16(15(17)4)9-21-26-27-22(33-21)19-10-20(30)25-19/h7-8,13-14,19H,5-6,9-12H2,1-4H3,(H,25,30)/t14-,19-/m0/s1. The van der Waals surface area contributed by atoms with Crippen molar-refractivity contribution in [1.29, 1.82) is 0 Å². The third-order valence-electron chi connectivity index (χ3n) is 6.11. The van der Waals surface area contributed by atoms with Crippen LogP contribution in [0.25, 0.3) is 0 Å². The zero-order chi connectivity index (χ0) is 23.7. The number of aromatic nitrogens is 2. The molecule has 1 N–H and O–H groups in total. The van der Waals surface area contributed by atoms with Gasteiger partial charge in [0.1, 0.15) is 6.04 Å². The van der Waals surface area contributed by atoms with Gasteiger partial charge in [-0.1, -0.05) is 11.6 Å². The summed E-state index contributed by atoms with van der Waals surface area (Å²) in [5.74, 6) is 0.919. The van der Waals surface area contributed by atoms with E-state index in [2.05, 4.69) is 27.3 Å². The summed E-state index contributed by atoms with van der Waals surface area (Å²) in [5, 5.41) is 11.6. The zero-order valence-electron chi connectivity index (χ0n) is 19.4. The molecule has 178 valence electrons. The first-order chi connectivity index (χ1) is 15.7. The molecular weight excluding hydrogens is 446 g/mol. The lowest BCUT2D eigenvalue weighted by Crippen LogP contribution is -2.54. The Bertz CT molecular complexity index is 1030. The van der Waals surface area contributed by atoms with E-state index >= 15 is 0 Å². The number of rotatable bonds is 6. The lowest BCUT2D eigenvalue weighted by atomic mass is 9.99. The molecule has 4 rings (SSSR count). The monoisotopic (exact) mass is 475 g/mol. The summed E-state index contributed by atoms with van der Waals surface area (Å²) < 4.78 is 11.1. The van der Waals surface area contributed by atoms with Gasteiger partial charge in [-0.3, -0.25) is 9.69 Å². The minimum atomic E-state index is -0.251. The summed E-state index contributed by atoms with van der Waals surface area (Å²) in [5.41, 5.74) is 3.29. The summed E-state index contributed by atoms with van der Waals surface area (Å²) in [6.45, 7) is 10.7. The number of amides is 2. The van der Waals surface area contributed by atoms with Gasteiger partial charge >= 0.3 is 6.09 Å². The molecule has 1 aromatic carbocycles. The SMILES string of the molecule is Cc1c(Cc2nnc([C@@H]3CC(=O)N3)o2)cc(Cl)cc1CN1CCN(C(=O)OC(C)C)[C@@H](C)C1. The minimum Gasteiger partial charge on any atom is -0.447 e. The lowest BCUT2D eigenvalue weighted by molar-refractivity contribution is -0.128. The maximum absolute atomic E-state index is 12.3. The van der Waals surface area contributed by atoms with Crippen LogP contribution in [0, 0.1) is 6.92 Å². The summed E-state index contributed by atoms with van der Waals surface area (Å²) in [7, 11) is 0. The molecule has 2 fully saturated rings. The number of piperazine rings is 1. The Labute approximate surface area is 198 Å². The van der Waals surface area contributed by atoms with Crippen LogP contribution >= 0.6 is 11.6 Å². The van der Waals surface area contributed by atoms with E-state index < -0.39 is 0 Å². The summed E-state index contributed by atoms with van der Waals surface area (Å²) in [6.07, 6.45) is 0.470. The molecule has 0 aliphatic carbocycles. The number of benzene rings is 1. The predicted molar refractivity (Wildman–Crippen MR) is 122 cm³/mol. The number of nitrogens with zero attached hydrogens (tertiary/aromatic N) is 4. The van der Waals surface area contributed by atoms with Crippen LogP contribution in [0.15, 0.2) is 16.5 Å². The Morgan fingerprint density at radius 1 is 1.30 bits per heavy atom. The van der Waals surface area contributed by atoms with E-state index in [1.165, 1.54) is 0 Å². The molecular formula is C23H30ClN5O4. The number of hydrogen-bond acceptors (Lipinski definition) is 7. The van der Waals surface area contributed by atoms with Crippen LogP contribution in [0.4, 0.5) is 4.79 Å². The minimum absolute atomic E-state index is 0.0120. The lowest BCUT2D eigenvalue weighted by Gasteiger charge is -2.39. The van der Waals surface area contributed by atoms with Crippen molar-refractivity contribution in [1.82, 2.24) is 25.3 Å². The summed E-state index contributed by atoms with van der Waals surface area (Å²) >= 11 is 6.45. The van der Waals surface area contributed by atoms with Crippen molar-refractivity contribution < 1.29 is 18.7 Å². The number of β-lactam (4-membered cyclic amide) rings is 1. The fourth-order valence-corrected chi connectivity index (χ4v) is 4.52. The molecule has 0 unspecified atom stereocenters. The number of ether oxygens (including phenoxy) is 1. The first kappa shape index (κ1) is 23.5. The van der Waals surface area contributed by atoms with Gasteiger partial charge in [0.05, 0.1) is 18.9 Å². The molecule has 2 saturated heterocycles. The summed E-state index contributed by atoms with van der Waals surface area (Å²) in [4.78, 5) is 27.6. The van der Waals surface area contributed by atoms with Crippen molar-refractivity contribution >= 4 is 23.6 Å². The Kier molecular flexibility index (Phi) is 6.90. The third kappa shape index (κ3) is 5.47. The zero-order valence-corrected chi connectivity index (χ0v) is 20.2. The van der Waals surface area contributed by atoms with Crippen molar-refractivity contribution in [3.8, 4) is 0 Å². The van der Waals surface area contributed by atoms with Crippen molar-refractivity contribution in [2.45, 2.75) is 65.3 Å². The number of carbonyl (C=O) groups excluding carboxylic acids is 2. The molecule has 3 heterocycles. The van der Waals surface area contributed by atoms with Gasteiger partial charge in [0.15, 0.2) is 0 Å². The number of nitrogens with one attached hydrogen (secondary N) is 1. The molecule has 2 atom stereocenters. The highest BCUT2D eigenvalue weighted by atomic mass is 35.5. The first-order valence-corrected chi connectivity index (χ1v) is 11.7. The molecule has 2 amide bonds. The maximum Gasteiger partial charge on any atom is 0.410 e. The number of hydrogen-bond donors (Lipinski definition) is 1. The normalized spacial score (nSPS) is 21.2. The fraction of sp³-hybridized carbons (Fsp3) is 0.565. The van der Waals surface area contributed by atoms with E-state index in [1.54, 1.807) is 4.90 Å². The van der Waals surface area contributed by atoms with E-state index in [0.29, 0.717) is 36.2 Å². The largest absolute Gasteiger partial charge is 0.447 e. The third-order valence-corrected chi connectivity index (χ3v) is 6.33. The van der Waals surface area contributed by atoms with Crippen LogP contribution in [0.3, 0.4) is 0 Å². The highest BCUT2D eigenvalue weighted by molar-refractivity contribution is 6.30. The van der Waals surface area contributed by atoms with Crippen LogP contribution < -0.4 is 5.32 Å². The Balaban J connectivity index is 1.41. The Morgan fingerprint density at radius 2 is 2.03 bits per heavy atom. The van der Waals surface area contributed by atoms with Crippen LogP contribution in [-0.2, 0) is 22.5 Å². The number of carbonyl (C=O) groups is 2. The highest BCUT2D eigenvalue weighted by Gasteiger charge is 2.32. The van der Waals surface area contributed by atoms with Gasteiger partial charge in [0.2, 0.25) is 17.7 Å². The van der Waals surface area contributed by atoms with Gasteiger partial charge in [0, 0.05) is 37.2 Å². The van der Waals surface area contributed by atoms with E-state index in [4.69, 9.17) is 20.8 Å². The molecule has 0 spiro atoms. The van der Waals surface area contributed by atoms with E-state index in [9.17, 15) is 9.59 Å². The molecule has 9 nitrogen and oxygen atoms in total. The van der Waals surface area contributed by atoms with Gasteiger partial charge in [-0.2, -0.15) is 0 Å². The van der Waals surface area contributed by atoms with Crippen LogP contribution in [0.5, 0.6) is 0 Å². The molecule has 0 saturated carbocycles. The Hall–Kier alpha value is -2.65. The molecule has 2 aliphatic heterocycles. The fourth-order valence-electron chi connectivity index (χ4n) is 4.25. The number of halogens is 1. The molecule has 33 heavy (non-hydrogen) atoms. The van der Waals surface area contributed by atoms with Gasteiger partial charge in [-0.15, -0.1) is 10.2 Å². The van der Waals surface area contributed by atoms with Crippen molar-refractivity contribution in [3.05, 3.63) is 45.6 Å². The van der Waals surface area contributed by atoms with Crippen molar-refractivity contribution in [3.63, 3.8) is 0 Å². The maximum atomic E-state index is 12.3. The highest BCUT2D eigenvalue weighted by Crippen LogP contribution is 2.27. The second kappa shape index (κ2) is 9.69. The first-order valence-electron chi connectivity index (χ1n) is 11.3. The second-order valence-corrected chi connectivity index (χ2v) is 9.53. The molecule has 10 heteroatoms. The van der Waals surface area contributed by atoms with E-state index in [-0.39, 0.29) is 30.2 Å². The smallest absolute Gasteiger partial charge is 0.410 e. The molecule has 2 aliphatic rings. The van der Waals surface area contributed by atoms with Crippen LogP contribution in [0.1, 0.15) is 61.7 Å². The van der Waals surface area contributed by atoms with Crippen molar-refractivity contribution in [2.24, 2.45) is 0 Å². The van der Waals surface area contributed by atoms with E-state index in [0.717, 1.165) is 36.3 Å². The molecule has 2 aromatic rings. The topological polar surface area (TPSA) is 101 Å². The summed E-state index contributed by atoms with van der Waals surface area (Å²) in [6, 6.07) is 3.80. The average Bonchev–Trinajstić information content (AvgIpc) is 3.16. The van der Waals surface area contributed by atoms with Gasteiger partial charge in [-0.05, 0) is 56.5 Å². The second-order valence-electron chi connectivity index (χ2n) is 9.09. The molecule has 0 bridgehead atoms. The quantitative estimate of drug-likeness (QED) is 0.640. The molecule has 0 radical (unpaired) electrons. The van der Waals surface area contributed by atoms with Crippen LogP contribution in [-0.4, -0.2) is 63.8 Å². The van der Waals surface area contributed by atoms with Gasteiger partial charge in [-0.25, -0.2) is 4.79 Å². The Morgan fingerprint density at radius 3 is 2.70 bits per heavy atom. The van der Waals surface area contributed by atoms with Gasteiger partial charge in [0.25, 0.3) is 0 Å². The average molecular weight is 476 g/mol. The molecule has 1 aromatic heterocycles. The van der Waals surface area contributed by atoms with E-state index in [1.807, 2.05) is 32.9 Å². The van der Waals surface area contributed by atoms with Crippen molar-refractivity contribution in [2.75, 3.05) is 19.6 Å². The van der Waals surface area contributed by atoms with Gasteiger partial charge < -0.3 is 19.4 Å². The van der Waals surface area contributed by atoms with Crippen LogP contribution in [0.2, 0.25) is 5.02 Å².